The zero-order chi connectivity index (χ0) is 14.6. The fourth-order valence-electron chi connectivity index (χ4n) is 1.59. The van der Waals surface area contributed by atoms with Crippen LogP contribution in [0, 0.1) is 20.2 Å². The molecule has 12 heteroatoms. The van der Waals surface area contributed by atoms with Gasteiger partial charge in [-0.1, -0.05) is 0 Å². The molecule has 0 aromatic rings. The number of rotatable bonds is 6. The van der Waals surface area contributed by atoms with E-state index in [9.17, 15) is 30.4 Å². The van der Waals surface area contributed by atoms with Gasteiger partial charge in [-0.05, 0) is 0 Å². The molecule has 0 bridgehead atoms. The van der Waals surface area contributed by atoms with Gasteiger partial charge in [0.1, 0.15) is 24.9 Å². The van der Waals surface area contributed by atoms with E-state index in [2.05, 4.69) is 14.4 Å². The van der Waals surface area contributed by atoms with E-state index in [-0.39, 0.29) is 0 Å². The van der Waals surface area contributed by atoms with E-state index in [1.807, 2.05) is 0 Å². The van der Waals surface area contributed by atoms with E-state index in [1.165, 1.54) is 0 Å². The number of hydrogen-bond acceptors (Lipinski definition) is 10. The van der Waals surface area contributed by atoms with E-state index >= 15 is 0 Å². The third kappa shape index (κ3) is 3.85. The van der Waals surface area contributed by atoms with Gasteiger partial charge in [-0.15, -0.1) is 20.2 Å². The summed E-state index contributed by atoms with van der Waals surface area (Å²) >= 11 is 0. The monoisotopic (exact) mass is 284 g/mol. The normalized spacial score (nSPS) is 34.6. The van der Waals surface area contributed by atoms with E-state index in [1.54, 1.807) is 0 Å². The van der Waals surface area contributed by atoms with E-state index in [4.69, 9.17) is 4.74 Å². The number of methoxy groups -OCH3 is 1. The first-order chi connectivity index (χ1) is 8.86. The molecule has 110 valence electrons. The molecular formula is C7H12N2O10. The molecule has 0 aliphatic carbocycles. The molecule has 12 nitrogen and oxygen atoms in total. The summed E-state index contributed by atoms with van der Waals surface area (Å²) in [4.78, 5) is 28.4. The largest absolute Gasteiger partial charge is 0.388 e. The lowest BCUT2D eigenvalue weighted by Crippen LogP contribution is -2.60. The van der Waals surface area contributed by atoms with Crippen molar-refractivity contribution < 1.29 is 39.5 Å². The Morgan fingerprint density at radius 2 is 1.84 bits per heavy atom. The number of ether oxygens (including phenoxy) is 2. The molecule has 0 radical (unpaired) electrons. The Morgan fingerprint density at radius 3 is 2.32 bits per heavy atom. The summed E-state index contributed by atoms with van der Waals surface area (Å²) in [5.41, 5.74) is 0. The molecule has 0 aromatic heterocycles. The van der Waals surface area contributed by atoms with Gasteiger partial charge in [0.25, 0.3) is 10.2 Å². The van der Waals surface area contributed by atoms with Crippen molar-refractivity contribution in [1.29, 1.82) is 0 Å². The molecule has 19 heavy (non-hydrogen) atoms. The highest BCUT2D eigenvalue weighted by Gasteiger charge is 2.47. The van der Waals surface area contributed by atoms with Gasteiger partial charge in [0.05, 0.1) is 0 Å². The summed E-state index contributed by atoms with van der Waals surface area (Å²) in [6.45, 7) is -0.696. The summed E-state index contributed by atoms with van der Waals surface area (Å²) < 4.78 is 9.66. The van der Waals surface area contributed by atoms with E-state index in [0.717, 1.165) is 7.11 Å². The van der Waals surface area contributed by atoms with Crippen LogP contribution in [0.25, 0.3) is 0 Å². The van der Waals surface area contributed by atoms with Gasteiger partial charge in [-0.25, -0.2) is 0 Å². The van der Waals surface area contributed by atoms with Crippen molar-refractivity contribution in [3.63, 3.8) is 0 Å². The predicted octanol–water partition coefficient (Wildman–Crippen LogP) is -2.14. The summed E-state index contributed by atoms with van der Waals surface area (Å²) in [5, 5.41) is 37.3. The van der Waals surface area contributed by atoms with Crippen LogP contribution < -0.4 is 0 Å². The molecule has 0 aromatic carbocycles. The summed E-state index contributed by atoms with van der Waals surface area (Å²) in [6.07, 6.45) is -7.70. The van der Waals surface area contributed by atoms with Crippen molar-refractivity contribution in [2.45, 2.75) is 30.7 Å². The first-order valence-corrected chi connectivity index (χ1v) is 4.99. The Morgan fingerprint density at radius 1 is 1.21 bits per heavy atom. The molecule has 1 rings (SSSR count). The Hall–Kier alpha value is -1.76. The van der Waals surface area contributed by atoms with Gasteiger partial charge >= 0.3 is 0 Å². The molecule has 1 saturated heterocycles. The fraction of sp³-hybridized carbons (Fsp3) is 1.00. The second-order valence-electron chi connectivity index (χ2n) is 3.57. The summed E-state index contributed by atoms with van der Waals surface area (Å²) in [7, 11) is 1.14. The van der Waals surface area contributed by atoms with Gasteiger partial charge in [-0.2, -0.15) is 0 Å². The van der Waals surface area contributed by atoms with Crippen LogP contribution in [-0.2, 0) is 19.1 Å². The Balaban J connectivity index is 2.77. The number of aliphatic hydroxyl groups excluding tert-OH is 2. The predicted molar refractivity (Wildman–Crippen MR) is 52.5 cm³/mol. The molecular weight excluding hydrogens is 272 g/mol. The maximum Gasteiger partial charge on any atom is 0.294 e. The van der Waals surface area contributed by atoms with Crippen molar-refractivity contribution in [1.82, 2.24) is 0 Å². The lowest BCUT2D eigenvalue weighted by atomic mass is 9.99. The van der Waals surface area contributed by atoms with Crippen LogP contribution in [0.2, 0.25) is 0 Å². The quantitative estimate of drug-likeness (QED) is 0.406. The average Bonchev–Trinajstić information content (AvgIpc) is 2.33. The van der Waals surface area contributed by atoms with Crippen LogP contribution in [0.15, 0.2) is 0 Å². The molecule has 1 heterocycles. The summed E-state index contributed by atoms with van der Waals surface area (Å²) in [6, 6.07) is 0. The molecule has 0 spiro atoms. The second kappa shape index (κ2) is 6.42. The minimum atomic E-state index is -1.70. The number of nitrogens with zero attached hydrogens (tertiary/aromatic N) is 2. The zero-order valence-corrected chi connectivity index (χ0v) is 9.65. The van der Waals surface area contributed by atoms with Crippen LogP contribution in [0.4, 0.5) is 0 Å². The smallest absolute Gasteiger partial charge is 0.294 e. The maximum atomic E-state index is 10.3. The van der Waals surface area contributed by atoms with Crippen LogP contribution in [0.5, 0.6) is 0 Å². The van der Waals surface area contributed by atoms with Crippen LogP contribution in [0.3, 0.4) is 0 Å². The maximum absolute atomic E-state index is 10.3. The second-order valence-corrected chi connectivity index (χ2v) is 3.57. The molecule has 0 amide bonds. The SMILES string of the molecule is CO[C@@H]1O[C@H](CO[N+](=O)[O-])[C@@H](O)[C@H](O[N+](=O)[O-])[C@H]1O. The van der Waals surface area contributed by atoms with Gasteiger partial charge in [-0.3, -0.25) is 0 Å². The lowest BCUT2D eigenvalue weighted by Gasteiger charge is -2.40. The Labute approximate surface area is 105 Å². The minimum Gasteiger partial charge on any atom is -0.388 e. The number of hydrogen-bond donors (Lipinski definition) is 2. The first kappa shape index (κ1) is 15.3. The Kier molecular flexibility index (Phi) is 5.17. The van der Waals surface area contributed by atoms with Crippen molar-refractivity contribution in [3.05, 3.63) is 20.2 Å². The van der Waals surface area contributed by atoms with Crippen molar-refractivity contribution in [2.75, 3.05) is 13.7 Å². The topological polar surface area (TPSA) is 164 Å². The van der Waals surface area contributed by atoms with Gasteiger partial charge < -0.3 is 29.4 Å². The minimum absolute atomic E-state index is 0.696. The van der Waals surface area contributed by atoms with Crippen molar-refractivity contribution in [2.24, 2.45) is 0 Å². The number of aliphatic hydroxyl groups is 2. The lowest BCUT2D eigenvalue weighted by molar-refractivity contribution is -0.777. The summed E-state index contributed by atoms with van der Waals surface area (Å²) in [5.74, 6) is 0. The van der Waals surface area contributed by atoms with E-state index < -0.39 is 47.5 Å². The Bertz CT molecular complexity index is 338. The third-order valence-corrected chi connectivity index (χ3v) is 2.43. The molecule has 1 aliphatic heterocycles. The highest BCUT2D eigenvalue weighted by atomic mass is 17.0. The molecule has 1 aliphatic rings. The van der Waals surface area contributed by atoms with Crippen molar-refractivity contribution in [3.8, 4) is 0 Å². The molecule has 2 N–H and O–H groups in total. The van der Waals surface area contributed by atoms with Gasteiger partial charge in [0.15, 0.2) is 12.4 Å². The van der Waals surface area contributed by atoms with Gasteiger partial charge in [0.2, 0.25) is 0 Å². The first-order valence-electron chi connectivity index (χ1n) is 4.99. The fourth-order valence-corrected chi connectivity index (χ4v) is 1.59. The third-order valence-electron chi connectivity index (χ3n) is 2.43. The van der Waals surface area contributed by atoms with Gasteiger partial charge in [0, 0.05) is 7.11 Å². The van der Waals surface area contributed by atoms with E-state index in [0.29, 0.717) is 0 Å². The highest BCUT2D eigenvalue weighted by Crippen LogP contribution is 2.24. The van der Waals surface area contributed by atoms with Crippen LogP contribution >= 0.6 is 0 Å². The highest BCUT2D eigenvalue weighted by molar-refractivity contribution is 4.89. The van der Waals surface area contributed by atoms with Crippen LogP contribution in [-0.4, -0.2) is 64.8 Å². The standard InChI is InChI=1S/C7H12N2O10/c1-16-7-5(11)6(19-9(14)15)4(10)3(18-7)2-17-8(12)13/h3-7,10-11H,2H2,1H3/t3-,4-,5-,6+,7-/m1/s1. The molecule has 1 fully saturated rings. The average molecular weight is 284 g/mol. The van der Waals surface area contributed by atoms with Crippen LogP contribution in [0.1, 0.15) is 0 Å². The molecule has 5 atom stereocenters. The van der Waals surface area contributed by atoms with Crippen molar-refractivity contribution >= 4 is 0 Å². The molecule has 0 saturated carbocycles. The molecule has 0 unspecified atom stereocenters. The zero-order valence-electron chi connectivity index (χ0n) is 9.65.